The number of amides is 2. The molecule has 0 unspecified atom stereocenters. The second kappa shape index (κ2) is 5.75. The van der Waals surface area contributed by atoms with E-state index in [-0.39, 0.29) is 6.03 Å². The lowest BCUT2D eigenvalue weighted by Crippen LogP contribution is -2.19. The number of nitrogen functional groups attached to an aromatic ring is 1. The van der Waals surface area contributed by atoms with Gasteiger partial charge in [0.1, 0.15) is 0 Å². The van der Waals surface area contributed by atoms with Crippen LogP contribution >= 0.6 is 15.9 Å². The van der Waals surface area contributed by atoms with E-state index in [1.807, 2.05) is 25.1 Å². The van der Waals surface area contributed by atoms with Crippen molar-refractivity contribution in [2.45, 2.75) is 6.92 Å². The van der Waals surface area contributed by atoms with Crippen molar-refractivity contribution in [3.05, 3.63) is 52.5 Å². The van der Waals surface area contributed by atoms with E-state index in [1.165, 1.54) is 0 Å². The highest BCUT2D eigenvalue weighted by Crippen LogP contribution is 2.23. The third kappa shape index (κ3) is 3.48. The summed E-state index contributed by atoms with van der Waals surface area (Å²) in [6.45, 7) is 1.93. The standard InChI is InChI=1S/C14H14BrN3O/c1-9-12(15)3-2-4-13(9)18-14(19)17-11-7-5-10(16)6-8-11/h2-8H,16H2,1H3,(H2,17,18,19). The SMILES string of the molecule is Cc1c(Br)cccc1NC(=O)Nc1ccc(N)cc1. The molecule has 0 aliphatic heterocycles. The lowest BCUT2D eigenvalue weighted by Gasteiger charge is -2.11. The molecule has 0 saturated heterocycles. The van der Waals surface area contributed by atoms with Crippen LogP contribution in [0.5, 0.6) is 0 Å². The molecule has 0 radical (unpaired) electrons. The Kier molecular flexibility index (Phi) is 4.06. The third-order valence-electron chi connectivity index (χ3n) is 2.68. The van der Waals surface area contributed by atoms with Crippen LogP contribution in [0.3, 0.4) is 0 Å². The second-order valence-electron chi connectivity index (χ2n) is 4.11. The van der Waals surface area contributed by atoms with Gasteiger partial charge in [0.05, 0.1) is 0 Å². The van der Waals surface area contributed by atoms with Gasteiger partial charge >= 0.3 is 6.03 Å². The average molecular weight is 320 g/mol. The van der Waals surface area contributed by atoms with E-state index >= 15 is 0 Å². The van der Waals surface area contributed by atoms with Crippen LogP contribution in [0.2, 0.25) is 0 Å². The number of benzene rings is 2. The number of hydrogen-bond acceptors (Lipinski definition) is 2. The molecular formula is C14H14BrN3O. The Bertz CT molecular complexity index is 596. The van der Waals surface area contributed by atoms with E-state index in [9.17, 15) is 4.79 Å². The lowest BCUT2D eigenvalue weighted by molar-refractivity contribution is 0.262. The first-order valence-corrected chi connectivity index (χ1v) is 6.54. The smallest absolute Gasteiger partial charge is 0.323 e. The van der Waals surface area contributed by atoms with Gasteiger partial charge < -0.3 is 16.4 Å². The monoisotopic (exact) mass is 319 g/mol. The number of halogens is 1. The predicted molar refractivity (Wildman–Crippen MR) is 82.4 cm³/mol. The van der Waals surface area contributed by atoms with Gasteiger partial charge in [-0.15, -0.1) is 0 Å². The molecule has 0 spiro atoms. The van der Waals surface area contributed by atoms with Gasteiger partial charge in [-0.1, -0.05) is 22.0 Å². The highest BCUT2D eigenvalue weighted by molar-refractivity contribution is 9.10. The van der Waals surface area contributed by atoms with E-state index in [0.717, 1.165) is 15.7 Å². The average Bonchev–Trinajstić information content (AvgIpc) is 2.38. The van der Waals surface area contributed by atoms with Crippen molar-refractivity contribution in [3.8, 4) is 0 Å². The summed E-state index contributed by atoms with van der Waals surface area (Å²) in [5, 5.41) is 5.55. The zero-order valence-electron chi connectivity index (χ0n) is 10.4. The van der Waals surface area contributed by atoms with Crippen molar-refractivity contribution in [1.29, 1.82) is 0 Å². The number of carbonyl (C=O) groups excluding carboxylic acids is 1. The Hall–Kier alpha value is -2.01. The molecule has 2 amide bonds. The molecule has 0 fully saturated rings. The largest absolute Gasteiger partial charge is 0.399 e. The highest BCUT2D eigenvalue weighted by atomic mass is 79.9. The topological polar surface area (TPSA) is 67.2 Å². The maximum absolute atomic E-state index is 11.9. The first-order valence-electron chi connectivity index (χ1n) is 5.75. The molecule has 0 atom stereocenters. The minimum Gasteiger partial charge on any atom is -0.399 e. The molecule has 4 nitrogen and oxygen atoms in total. The van der Waals surface area contributed by atoms with Gasteiger partial charge in [0.15, 0.2) is 0 Å². The first-order chi connectivity index (χ1) is 9.06. The number of urea groups is 1. The molecule has 2 aromatic rings. The van der Waals surface area contributed by atoms with Gasteiger partial charge in [-0.2, -0.15) is 0 Å². The maximum Gasteiger partial charge on any atom is 0.323 e. The zero-order valence-corrected chi connectivity index (χ0v) is 12.0. The molecule has 98 valence electrons. The quantitative estimate of drug-likeness (QED) is 0.733. The second-order valence-corrected chi connectivity index (χ2v) is 4.97. The molecule has 19 heavy (non-hydrogen) atoms. The summed E-state index contributed by atoms with van der Waals surface area (Å²) >= 11 is 3.43. The van der Waals surface area contributed by atoms with Gasteiger partial charge in [-0.25, -0.2) is 4.79 Å². The van der Waals surface area contributed by atoms with Crippen molar-refractivity contribution < 1.29 is 4.79 Å². The molecule has 0 saturated carbocycles. The van der Waals surface area contributed by atoms with Crippen LogP contribution in [0.15, 0.2) is 46.9 Å². The molecule has 0 aliphatic rings. The van der Waals surface area contributed by atoms with Crippen molar-refractivity contribution in [2.24, 2.45) is 0 Å². The lowest BCUT2D eigenvalue weighted by atomic mass is 10.2. The molecule has 0 aromatic heterocycles. The molecule has 0 bridgehead atoms. The van der Waals surface area contributed by atoms with E-state index in [1.54, 1.807) is 24.3 Å². The Balaban J connectivity index is 2.05. The van der Waals surface area contributed by atoms with E-state index in [2.05, 4.69) is 26.6 Å². The van der Waals surface area contributed by atoms with Crippen molar-refractivity contribution in [1.82, 2.24) is 0 Å². The van der Waals surface area contributed by atoms with Crippen LogP contribution in [0, 0.1) is 6.92 Å². The number of anilines is 3. The van der Waals surface area contributed by atoms with Gasteiger partial charge in [0.25, 0.3) is 0 Å². The fourth-order valence-electron chi connectivity index (χ4n) is 1.59. The molecule has 0 heterocycles. The molecular weight excluding hydrogens is 306 g/mol. The summed E-state index contributed by atoms with van der Waals surface area (Å²) in [4.78, 5) is 11.9. The summed E-state index contributed by atoms with van der Waals surface area (Å²) in [5.74, 6) is 0. The van der Waals surface area contributed by atoms with Crippen LogP contribution in [0.25, 0.3) is 0 Å². The van der Waals surface area contributed by atoms with Crippen molar-refractivity contribution in [3.63, 3.8) is 0 Å². The minimum atomic E-state index is -0.286. The van der Waals surface area contributed by atoms with Crippen molar-refractivity contribution in [2.75, 3.05) is 16.4 Å². The Morgan fingerprint density at radius 3 is 2.47 bits per heavy atom. The number of hydrogen-bond donors (Lipinski definition) is 3. The fraction of sp³-hybridized carbons (Fsp3) is 0.0714. The normalized spacial score (nSPS) is 10.0. The van der Waals surface area contributed by atoms with Gasteiger partial charge in [-0.3, -0.25) is 0 Å². The fourth-order valence-corrected chi connectivity index (χ4v) is 1.96. The molecule has 5 heteroatoms. The summed E-state index contributed by atoms with van der Waals surface area (Å²) < 4.78 is 0.956. The molecule has 4 N–H and O–H groups in total. The van der Waals surface area contributed by atoms with E-state index < -0.39 is 0 Å². The highest BCUT2D eigenvalue weighted by Gasteiger charge is 2.06. The van der Waals surface area contributed by atoms with Crippen LogP contribution in [-0.2, 0) is 0 Å². The number of rotatable bonds is 2. The predicted octanol–water partition coefficient (Wildman–Crippen LogP) is 3.98. The van der Waals surface area contributed by atoms with Gasteiger partial charge in [0.2, 0.25) is 0 Å². The van der Waals surface area contributed by atoms with E-state index in [4.69, 9.17) is 5.73 Å². The number of carbonyl (C=O) groups is 1. The Labute approximate surface area is 120 Å². The zero-order chi connectivity index (χ0) is 13.8. The first kappa shape index (κ1) is 13.4. The Morgan fingerprint density at radius 1 is 1.11 bits per heavy atom. The van der Waals surface area contributed by atoms with E-state index in [0.29, 0.717) is 11.4 Å². The van der Waals surface area contributed by atoms with Crippen LogP contribution in [-0.4, -0.2) is 6.03 Å². The number of nitrogens with one attached hydrogen (secondary N) is 2. The third-order valence-corrected chi connectivity index (χ3v) is 3.54. The van der Waals surface area contributed by atoms with Gasteiger partial charge in [0, 0.05) is 21.5 Å². The summed E-state index contributed by atoms with van der Waals surface area (Å²) in [6, 6.07) is 12.3. The van der Waals surface area contributed by atoms with Crippen LogP contribution in [0.1, 0.15) is 5.56 Å². The van der Waals surface area contributed by atoms with Crippen molar-refractivity contribution >= 4 is 39.0 Å². The maximum atomic E-state index is 11.9. The Morgan fingerprint density at radius 2 is 1.79 bits per heavy atom. The molecule has 2 rings (SSSR count). The molecule has 2 aromatic carbocycles. The van der Waals surface area contributed by atoms with Crippen LogP contribution < -0.4 is 16.4 Å². The summed E-state index contributed by atoms with van der Waals surface area (Å²) in [5.41, 5.74) is 8.69. The van der Waals surface area contributed by atoms with Crippen LogP contribution in [0.4, 0.5) is 21.9 Å². The van der Waals surface area contributed by atoms with Gasteiger partial charge in [-0.05, 0) is 48.9 Å². The minimum absolute atomic E-state index is 0.286. The number of nitrogens with two attached hydrogens (primary N) is 1. The summed E-state index contributed by atoms with van der Waals surface area (Å²) in [7, 11) is 0. The molecule has 0 aliphatic carbocycles. The summed E-state index contributed by atoms with van der Waals surface area (Å²) in [6.07, 6.45) is 0.